The summed E-state index contributed by atoms with van der Waals surface area (Å²) in [5, 5.41) is 18.0. The molecule has 5 rings (SSSR count). The number of amides is 4. The molecule has 2 aromatic carbocycles. The van der Waals surface area contributed by atoms with Gasteiger partial charge in [0, 0.05) is 36.3 Å². The summed E-state index contributed by atoms with van der Waals surface area (Å²) in [4.78, 5) is 41.5. The van der Waals surface area contributed by atoms with Gasteiger partial charge >= 0.3 is 6.03 Å². The highest BCUT2D eigenvalue weighted by atomic mass is 16.5. The number of imide groups is 1. The third-order valence-corrected chi connectivity index (χ3v) is 6.51. The molecular formula is C26H25N5O6. The molecule has 0 radical (unpaired) electrons. The van der Waals surface area contributed by atoms with Crippen LogP contribution in [0.25, 0.3) is 0 Å². The molecule has 11 nitrogen and oxygen atoms in total. The van der Waals surface area contributed by atoms with Crippen molar-refractivity contribution >= 4 is 23.7 Å². The quantitative estimate of drug-likeness (QED) is 0.140. The van der Waals surface area contributed by atoms with Gasteiger partial charge in [-0.2, -0.15) is 0 Å². The smallest absolute Gasteiger partial charge is 0.323 e. The predicted molar refractivity (Wildman–Crippen MR) is 131 cm³/mol. The molecule has 0 aliphatic carbocycles. The molecule has 3 heterocycles. The highest BCUT2D eigenvalue weighted by Gasteiger charge is 2.48. The maximum absolute atomic E-state index is 13.1. The van der Waals surface area contributed by atoms with E-state index in [1.165, 1.54) is 12.0 Å². The molecular weight excluding hydrogens is 478 g/mol. The Morgan fingerprint density at radius 3 is 2.70 bits per heavy atom. The zero-order valence-electron chi connectivity index (χ0n) is 20.1. The van der Waals surface area contributed by atoms with E-state index < -0.39 is 17.5 Å². The minimum atomic E-state index is -1.63. The Bertz CT molecular complexity index is 1360. The molecule has 0 aromatic heterocycles. The largest absolute Gasteiger partial charge is 0.497 e. The number of carbonyl (C=O) groups excluding carboxylic acids is 3. The monoisotopic (exact) mass is 503 g/mol. The number of amidine groups is 1. The van der Waals surface area contributed by atoms with Gasteiger partial charge in [-0.25, -0.2) is 4.79 Å². The van der Waals surface area contributed by atoms with Crippen molar-refractivity contribution in [3.05, 3.63) is 64.7 Å². The first-order valence-corrected chi connectivity index (χ1v) is 11.7. The number of carbonyl (C=O) groups is 3. The Labute approximate surface area is 213 Å². The van der Waals surface area contributed by atoms with E-state index in [1.54, 1.807) is 42.5 Å². The minimum absolute atomic E-state index is 0.135. The number of benzene rings is 2. The fourth-order valence-electron chi connectivity index (χ4n) is 4.61. The van der Waals surface area contributed by atoms with Crippen molar-refractivity contribution in [3.63, 3.8) is 0 Å². The molecule has 2 aromatic rings. The lowest BCUT2D eigenvalue weighted by atomic mass is 9.98. The molecule has 0 unspecified atom stereocenters. The van der Waals surface area contributed by atoms with E-state index in [-0.39, 0.29) is 19.0 Å². The summed E-state index contributed by atoms with van der Waals surface area (Å²) in [6.45, 7) is 2.37. The van der Waals surface area contributed by atoms with E-state index in [0.29, 0.717) is 54.6 Å². The van der Waals surface area contributed by atoms with Gasteiger partial charge in [-0.05, 0) is 29.8 Å². The molecule has 4 amide bonds. The third kappa shape index (κ3) is 4.66. The number of morpholine rings is 1. The van der Waals surface area contributed by atoms with Crippen LogP contribution in [0.2, 0.25) is 0 Å². The van der Waals surface area contributed by atoms with Gasteiger partial charge in [0.15, 0.2) is 5.84 Å². The van der Waals surface area contributed by atoms with E-state index in [9.17, 15) is 19.6 Å². The number of nitrogens with zero attached hydrogens (tertiary/aromatic N) is 3. The molecule has 190 valence electrons. The van der Waals surface area contributed by atoms with Crippen LogP contribution in [0.15, 0.2) is 47.6 Å². The molecule has 0 spiro atoms. The molecule has 3 aliphatic rings. The number of fused-ring (bicyclic) bond motifs is 1. The number of ether oxygens (including phenoxy) is 2. The van der Waals surface area contributed by atoms with E-state index in [4.69, 9.17) is 9.47 Å². The second-order valence-corrected chi connectivity index (χ2v) is 8.85. The van der Waals surface area contributed by atoms with Gasteiger partial charge in [0.05, 0.1) is 26.9 Å². The first-order chi connectivity index (χ1) is 17.9. The van der Waals surface area contributed by atoms with Crippen molar-refractivity contribution in [2.45, 2.75) is 12.1 Å². The second-order valence-electron chi connectivity index (χ2n) is 8.85. The van der Waals surface area contributed by atoms with Crippen LogP contribution in [0.5, 0.6) is 5.75 Å². The summed E-state index contributed by atoms with van der Waals surface area (Å²) in [7, 11) is 1.52. The number of urea groups is 1. The first kappa shape index (κ1) is 24.1. The van der Waals surface area contributed by atoms with Crippen LogP contribution in [0.1, 0.15) is 27.0 Å². The van der Waals surface area contributed by atoms with E-state index in [2.05, 4.69) is 27.6 Å². The number of rotatable bonds is 4. The van der Waals surface area contributed by atoms with Crippen LogP contribution in [0.3, 0.4) is 0 Å². The van der Waals surface area contributed by atoms with Crippen LogP contribution in [0.4, 0.5) is 4.79 Å². The summed E-state index contributed by atoms with van der Waals surface area (Å²) in [6, 6.07) is 11.6. The Balaban J connectivity index is 1.42. The molecule has 0 bridgehead atoms. The van der Waals surface area contributed by atoms with Gasteiger partial charge in [-0.1, -0.05) is 35.2 Å². The van der Waals surface area contributed by atoms with Crippen LogP contribution >= 0.6 is 0 Å². The lowest BCUT2D eigenvalue weighted by Crippen LogP contribution is -2.54. The highest BCUT2D eigenvalue weighted by Crippen LogP contribution is 2.28. The molecule has 3 aliphatic heterocycles. The lowest BCUT2D eigenvalue weighted by molar-refractivity contribution is -0.122. The van der Waals surface area contributed by atoms with Gasteiger partial charge in [-0.3, -0.25) is 14.9 Å². The number of methoxy groups -OCH3 is 1. The van der Waals surface area contributed by atoms with Crippen LogP contribution in [-0.2, 0) is 16.1 Å². The molecule has 3 N–H and O–H groups in total. The lowest BCUT2D eigenvalue weighted by Gasteiger charge is -2.29. The van der Waals surface area contributed by atoms with Gasteiger partial charge in [0.1, 0.15) is 5.75 Å². The number of nitrogens with one attached hydrogen (secondary N) is 2. The SMILES string of the molecule is COc1ccc2c(c1)C(=O)N(C[C@@]1(C#Cc3cccc(/C(=N/O)N4CCOCC4)c3)NC(=O)NC1=O)C2. The normalized spacial score (nSPS) is 21.2. The zero-order valence-corrected chi connectivity index (χ0v) is 20.1. The Kier molecular flexibility index (Phi) is 6.42. The number of hydrogen-bond donors (Lipinski definition) is 3. The molecule has 2 fully saturated rings. The molecule has 37 heavy (non-hydrogen) atoms. The van der Waals surface area contributed by atoms with Crippen LogP contribution in [-0.4, -0.2) is 84.2 Å². The fourth-order valence-corrected chi connectivity index (χ4v) is 4.61. The average molecular weight is 504 g/mol. The second kappa shape index (κ2) is 9.83. The maximum Gasteiger partial charge on any atom is 0.323 e. The number of oxime groups is 1. The molecule has 0 saturated carbocycles. The minimum Gasteiger partial charge on any atom is -0.497 e. The van der Waals surface area contributed by atoms with Crippen molar-refractivity contribution in [2.24, 2.45) is 5.16 Å². The zero-order chi connectivity index (χ0) is 26.0. The number of hydrogen-bond acceptors (Lipinski definition) is 7. The fraction of sp³-hybridized carbons (Fsp3) is 0.308. The third-order valence-electron chi connectivity index (χ3n) is 6.51. The Morgan fingerprint density at radius 2 is 2.00 bits per heavy atom. The van der Waals surface area contributed by atoms with Crippen molar-refractivity contribution in [1.29, 1.82) is 0 Å². The summed E-state index contributed by atoms with van der Waals surface area (Å²) in [5.74, 6) is 5.91. The topological polar surface area (TPSA) is 133 Å². The van der Waals surface area contributed by atoms with Crippen molar-refractivity contribution in [2.75, 3.05) is 40.0 Å². The first-order valence-electron chi connectivity index (χ1n) is 11.7. The Hall–Kier alpha value is -4.56. The summed E-state index contributed by atoms with van der Waals surface area (Å²) >= 11 is 0. The Morgan fingerprint density at radius 1 is 1.19 bits per heavy atom. The molecule has 1 atom stereocenters. The highest BCUT2D eigenvalue weighted by molar-refractivity contribution is 6.10. The van der Waals surface area contributed by atoms with Crippen molar-refractivity contribution in [1.82, 2.24) is 20.4 Å². The van der Waals surface area contributed by atoms with Crippen LogP contribution < -0.4 is 15.4 Å². The van der Waals surface area contributed by atoms with Crippen LogP contribution in [0, 0.1) is 11.8 Å². The molecule has 11 heteroatoms. The van der Waals surface area contributed by atoms with E-state index >= 15 is 0 Å². The van der Waals surface area contributed by atoms with Crippen molar-refractivity contribution in [3.8, 4) is 17.6 Å². The van der Waals surface area contributed by atoms with Gasteiger partial charge in [0.25, 0.3) is 11.8 Å². The van der Waals surface area contributed by atoms with E-state index in [1.807, 2.05) is 4.90 Å². The standard InChI is InChI=1S/C26H25N5O6/c1-36-20-6-5-19-15-31(23(32)21(19)14-20)16-26(24(33)27-25(34)28-26)8-7-17-3-2-4-18(13-17)22(29-35)30-9-11-37-12-10-30/h2-6,13-14,35H,9-12,15-16H2,1H3,(H2,27,28,33,34)/b29-22-/t26-/m1/s1. The summed E-state index contributed by atoms with van der Waals surface area (Å²) in [5.41, 5.74) is 0.835. The summed E-state index contributed by atoms with van der Waals surface area (Å²) in [6.07, 6.45) is 0. The van der Waals surface area contributed by atoms with Crippen molar-refractivity contribution < 1.29 is 29.1 Å². The van der Waals surface area contributed by atoms with Gasteiger partial charge in [-0.15, -0.1) is 0 Å². The van der Waals surface area contributed by atoms with E-state index in [0.717, 1.165) is 5.56 Å². The van der Waals surface area contributed by atoms with Gasteiger partial charge in [0.2, 0.25) is 5.54 Å². The predicted octanol–water partition coefficient (Wildman–Crippen LogP) is 0.749. The average Bonchev–Trinajstić information content (AvgIpc) is 3.38. The summed E-state index contributed by atoms with van der Waals surface area (Å²) < 4.78 is 10.6. The maximum atomic E-state index is 13.1. The van der Waals surface area contributed by atoms with Gasteiger partial charge < -0.3 is 29.8 Å². The molecule has 2 saturated heterocycles.